The number of aryl methyl sites for hydroxylation is 1. The van der Waals surface area contributed by atoms with Gasteiger partial charge in [-0.15, -0.1) is 24.0 Å². The van der Waals surface area contributed by atoms with E-state index in [9.17, 15) is 0 Å². The number of aromatic nitrogens is 2. The number of halogens is 1. The standard InChI is InChI=1S/C22H32N6.HI/c1-3-23-22(24-11-13-28-19-20(2)18-25-28)27-16-14-26(15-17-27)12-7-10-21-8-5-4-6-9-21;/h4-10,18-19H,3,11-17H2,1-2H3,(H,23,24);1H/b10-7+;. The molecule has 0 bridgehead atoms. The first-order valence-corrected chi connectivity index (χ1v) is 10.2. The molecule has 1 saturated heterocycles. The van der Waals surface area contributed by atoms with Crippen molar-refractivity contribution in [2.24, 2.45) is 4.99 Å². The van der Waals surface area contributed by atoms with Gasteiger partial charge in [0, 0.05) is 45.5 Å². The first-order chi connectivity index (χ1) is 13.7. The van der Waals surface area contributed by atoms with Crippen LogP contribution in [0.5, 0.6) is 0 Å². The number of rotatable bonds is 7. The summed E-state index contributed by atoms with van der Waals surface area (Å²) in [7, 11) is 0. The number of nitrogens with one attached hydrogen (secondary N) is 1. The van der Waals surface area contributed by atoms with E-state index in [1.807, 2.05) is 10.9 Å². The molecule has 29 heavy (non-hydrogen) atoms. The summed E-state index contributed by atoms with van der Waals surface area (Å²) >= 11 is 0. The van der Waals surface area contributed by atoms with E-state index in [4.69, 9.17) is 4.99 Å². The Morgan fingerprint density at radius 1 is 1.17 bits per heavy atom. The second-order valence-electron chi connectivity index (χ2n) is 7.12. The molecule has 1 fully saturated rings. The Labute approximate surface area is 191 Å². The third kappa shape index (κ3) is 7.81. The average molecular weight is 508 g/mol. The molecular weight excluding hydrogens is 475 g/mol. The van der Waals surface area contributed by atoms with Crippen LogP contribution in [0.4, 0.5) is 0 Å². The van der Waals surface area contributed by atoms with Gasteiger partial charge in [0.15, 0.2) is 5.96 Å². The summed E-state index contributed by atoms with van der Waals surface area (Å²) in [6, 6.07) is 10.5. The van der Waals surface area contributed by atoms with Gasteiger partial charge in [0.05, 0.1) is 19.3 Å². The number of piperazine rings is 1. The summed E-state index contributed by atoms with van der Waals surface area (Å²) in [5, 5.41) is 7.77. The molecular formula is C22H33IN6. The van der Waals surface area contributed by atoms with Crippen LogP contribution in [-0.4, -0.2) is 71.4 Å². The lowest BCUT2D eigenvalue weighted by molar-refractivity contribution is 0.194. The van der Waals surface area contributed by atoms with E-state index in [1.165, 1.54) is 11.1 Å². The Hall–Kier alpha value is -1.87. The quantitative estimate of drug-likeness (QED) is 0.355. The van der Waals surface area contributed by atoms with Crippen LogP contribution in [0.25, 0.3) is 6.08 Å². The van der Waals surface area contributed by atoms with E-state index in [0.717, 1.165) is 58.3 Å². The predicted molar refractivity (Wildman–Crippen MR) is 132 cm³/mol. The molecule has 3 rings (SSSR count). The molecule has 7 heteroatoms. The molecule has 0 saturated carbocycles. The molecule has 1 N–H and O–H groups in total. The number of hydrogen-bond donors (Lipinski definition) is 1. The van der Waals surface area contributed by atoms with Gasteiger partial charge in [0.25, 0.3) is 0 Å². The highest BCUT2D eigenvalue weighted by Gasteiger charge is 2.18. The number of benzene rings is 1. The zero-order valence-corrected chi connectivity index (χ0v) is 19.8. The first-order valence-electron chi connectivity index (χ1n) is 10.2. The van der Waals surface area contributed by atoms with Gasteiger partial charge >= 0.3 is 0 Å². The first kappa shape index (κ1) is 23.4. The molecule has 0 radical (unpaired) electrons. The summed E-state index contributed by atoms with van der Waals surface area (Å²) in [6.07, 6.45) is 8.41. The Kier molecular flexibility index (Phi) is 10.2. The van der Waals surface area contributed by atoms with Crippen LogP contribution in [0.2, 0.25) is 0 Å². The second kappa shape index (κ2) is 12.6. The maximum absolute atomic E-state index is 4.81. The van der Waals surface area contributed by atoms with Crippen molar-refractivity contribution in [3.8, 4) is 0 Å². The van der Waals surface area contributed by atoms with Crippen molar-refractivity contribution < 1.29 is 0 Å². The van der Waals surface area contributed by atoms with Gasteiger partial charge in [-0.1, -0.05) is 42.5 Å². The van der Waals surface area contributed by atoms with Gasteiger partial charge in [0.1, 0.15) is 0 Å². The number of aliphatic imine (C=N–C) groups is 1. The number of nitrogens with zero attached hydrogens (tertiary/aromatic N) is 5. The summed E-state index contributed by atoms with van der Waals surface area (Å²) in [4.78, 5) is 9.67. The van der Waals surface area contributed by atoms with Crippen LogP contribution in [0, 0.1) is 6.92 Å². The smallest absolute Gasteiger partial charge is 0.194 e. The summed E-state index contributed by atoms with van der Waals surface area (Å²) in [5.41, 5.74) is 2.45. The van der Waals surface area contributed by atoms with Crippen molar-refractivity contribution in [3.05, 3.63) is 59.9 Å². The van der Waals surface area contributed by atoms with Crippen molar-refractivity contribution in [2.45, 2.75) is 20.4 Å². The highest BCUT2D eigenvalue weighted by Crippen LogP contribution is 2.05. The minimum absolute atomic E-state index is 0. The fraction of sp³-hybridized carbons (Fsp3) is 0.455. The molecule has 2 heterocycles. The van der Waals surface area contributed by atoms with E-state index in [1.54, 1.807) is 0 Å². The summed E-state index contributed by atoms with van der Waals surface area (Å²) < 4.78 is 1.96. The molecule has 0 spiro atoms. The van der Waals surface area contributed by atoms with Crippen molar-refractivity contribution in [1.82, 2.24) is 24.9 Å². The summed E-state index contributed by atoms with van der Waals surface area (Å²) in [5.74, 6) is 1.02. The molecule has 1 aromatic heterocycles. The van der Waals surface area contributed by atoms with E-state index < -0.39 is 0 Å². The lowest BCUT2D eigenvalue weighted by Crippen LogP contribution is -2.52. The van der Waals surface area contributed by atoms with E-state index >= 15 is 0 Å². The predicted octanol–water partition coefficient (Wildman–Crippen LogP) is 3.11. The van der Waals surface area contributed by atoms with Crippen molar-refractivity contribution in [1.29, 1.82) is 0 Å². The van der Waals surface area contributed by atoms with Crippen molar-refractivity contribution in [2.75, 3.05) is 45.8 Å². The molecule has 0 unspecified atom stereocenters. The lowest BCUT2D eigenvalue weighted by Gasteiger charge is -2.36. The van der Waals surface area contributed by atoms with E-state index in [2.05, 4.69) is 82.7 Å². The van der Waals surface area contributed by atoms with Gasteiger partial charge in [-0.05, 0) is 25.0 Å². The van der Waals surface area contributed by atoms with Crippen LogP contribution in [0.15, 0.2) is 53.8 Å². The fourth-order valence-corrected chi connectivity index (χ4v) is 3.32. The highest BCUT2D eigenvalue weighted by molar-refractivity contribution is 14.0. The Morgan fingerprint density at radius 2 is 1.93 bits per heavy atom. The second-order valence-corrected chi connectivity index (χ2v) is 7.12. The monoisotopic (exact) mass is 508 g/mol. The van der Waals surface area contributed by atoms with Crippen molar-refractivity contribution in [3.63, 3.8) is 0 Å². The largest absolute Gasteiger partial charge is 0.357 e. The topological polar surface area (TPSA) is 48.7 Å². The Balaban J connectivity index is 0.00000300. The summed E-state index contributed by atoms with van der Waals surface area (Å²) in [6.45, 7) is 11.7. The Morgan fingerprint density at radius 3 is 2.59 bits per heavy atom. The molecule has 1 aliphatic rings. The van der Waals surface area contributed by atoms with Gasteiger partial charge in [-0.3, -0.25) is 14.6 Å². The third-order valence-electron chi connectivity index (χ3n) is 4.83. The number of hydrogen-bond acceptors (Lipinski definition) is 3. The fourth-order valence-electron chi connectivity index (χ4n) is 3.32. The molecule has 0 amide bonds. The van der Waals surface area contributed by atoms with Crippen LogP contribution in [-0.2, 0) is 6.54 Å². The van der Waals surface area contributed by atoms with Crippen molar-refractivity contribution >= 4 is 36.0 Å². The third-order valence-corrected chi connectivity index (χ3v) is 4.83. The van der Waals surface area contributed by atoms with Crippen LogP contribution < -0.4 is 5.32 Å². The lowest BCUT2D eigenvalue weighted by atomic mass is 10.2. The molecule has 2 aromatic rings. The number of guanidine groups is 1. The van der Waals surface area contributed by atoms with E-state index in [0.29, 0.717) is 0 Å². The molecule has 0 aliphatic carbocycles. The van der Waals surface area contributed by atoms with Crippen LogP contribution >= 0.6 is 24.0 Å². The van der Waals surface area contributed by atoms with Crippen LogP contribution in [0.3, 0.4) is 0 Å². The van der Waals surface area contributed by atoms with Gasteiger partial charge in [0.2, 0.25) is 0 Å². The van der Waals surface area contributed by atoms with Crippen LogP contribution in [0.1, 0.15) is 18.1 Å². The zero-order chi connectivity index (χ0) is 19.6. The van der Waals surface area contributed by atoms with E-state index in [-0.39, 0.29) is 24.0 Å². The SMILES string of the molecule is CCNC(=NCCn1cc(C)cn1)N1CCN(C/C=C/c2ccccc2)CC1.I. The molecule has 1 aromatic carbocycles. The minimum Gasteiger partial charge on any atom is -0.357 e. The molecule has 6 nitrogen and oxygen atoms in total. The van der Waals surface area contributed by atoms with Gasteiger partial charge in [-0.25, -0.2) is 0 Å². The molecule has 0 atom stereocenters. The normalized spacial score (nSPS) is 15.5. The minimum atomic E-state index is 0. The van der Waals surface area contributed by atoms with Gasteiger partial charge in [-0.2, -0.15) is 5.10 Å². The highest BCUT2D eigenvalue weighted by atomic mass is 127. The Bertz CT molecular complexity index is 763. The zero-order valence-electron chi connectivity index (χ0n) is 17.5. The molecule has 158 valence electrons. The maximum atomic E-state index is 4.81. The average Bonchev–Trinajstić information content (AvgIpc) is 3.14. The van der Waals surface area contributed by atoms with Gasteiger partial charge < -0.3 is 10.2 Å². The molecule has 1 aliphatic heterocycles. The maximum Gasteiger partial charge on any atom is 0.194 e.